The number of hydrogen-bond donors (Lipinski definition) is 1. The zero-order valence-electron chi connectivity index (χ0n) is 11.3. The van der Waals surface area contributed by atoms with Crippen molar-refractivity contribution in [3.05, 3.63) is 0 Å². The summed E-state index contributed by atoms with van der Waals surface area (Å²) in [5.74, 6) is -1.06. The number of rotatable bonds is 2. The van der Waals surface area contributed by atoms with Crippen LogP contribution in [-0.4, -0.2) is 53.5 Å². The fraction of sp³-hybridized carbons (Fsp3) is 0.833. The monoisotopic (exact) mass is 259 g/mol. The zero-order chi connectivity index (χ0) is 13.9. The van der Waals surface area contributed by atoms with Crippen molar-refractivity contribution in [3.8, 4) is 0 Å². The van der Waals surface area contributed by atoms with Crippen LogP contribution in [0.15, 0.2) is 0 Å². The number of nitrogens with zero attached hydrogens (tertiary/aromatic N) is 1. The van der Waals surface area contributed by atoms with Crippen molar-refractivity contribution in [1.29, 1.82) is 0 Å². The summed E-state index contributed by atoms with van der Waals surface area (Å²) in [6.07, 6.45) is 0.259. The van der Waals surface area contributed by atoms with Gasteiger partial charge in [0.15, 0.2) is 6.04 Å². The number of carbonyl (C=O) groups excluding carboxylic acids is 1. The highest BCUT2D eigenvalue weighted by molar-refractivity contribution is 5.81. The fourth-order valence-corrected chi connectivity index (χ4v) is 2.02. The van der Waals surface area contributed by atoms with Crippen LogP contribution in [0.3, 0.4) is 0 Å². The fourth-order valence-electron chi connectivity index (χ4n) is 2.02. The van der Waals surface area contributed by atoms with E-state index in [2.05, 4.69) is 0 Å². The molecule has 104 valence electrons. The lowest BCUT2D eigenvalue weighted by atomic mass is 9.99. The molecule has 18 heavy (non-hydrogen) atoms. The Hall–Kier alpha value is -1.30. The third kappa shape index (κ3) is 3.60. The number of methoxy groups -OCH3 is 1. The van der Waals surface area contributed by atoms with Gasteiger partial charge in [-0.3, -0.25) is 4.90 Å². The van der Waals surface area contributed by atoms with Crippen molar-refractivity contribution >= 4 is 12.1 Å². The molecule has 1 aliphatic rings. The Labute approximate surface area is 107 Å². The maximum absolute atomic E-state index is 12.0. The Bertz CT molecular complexity index is 323. The molecule has 0 aromatic heterocycles. The van der Waals surface area contributed by atoms with E-state index < -0.39 is 29.8 Å². The molecule has 1 amide bonds. The summed E-state index contributed by atoms with van der Waals surface area (Å²) in [5.41, 5.74) is -0.639. The highest BCUT2D eigenvalue weighted by Gasteiger charge is 2.41. The summed E-state index contributed by atoms with van der Waals surface area (Å²) in [7, 11) is 1.46. The van der Waals surface area contributed by atoms with E-state index in [0.717, 1.165) is 0 Å². The summed E-state index contributed by atoms with van der Waals surface area (Å²) < 4.78 is 10.4. The van der Waals surface area contributed by atoms with Crippen LogP contribution >= 0.6 is 0 Å². The quantitative estimate of drug-likeness (QED) is 0.813. The summed E-state index contributed by atoms with van der Waals surface area (Å²) >= 11 is 0. The van der Waals surface area contributed by atoms with Gasteiger partial charge in [-0.25, -0.2) is 9.59 Å². The largest absolute Gasteiger partial charge is 0.480 e. The highest BCUT2D eigenvalue weighted by Crippen LogP contribution is 2.22. The molecule has 1 saturated heterocycles. The molecular formula is C12H21NO5. The average Bonchev–Trinajstić information content (AvgIpc) is 2.25. The molecule has 0 bridgehead atoms. The number of hydrogen-bond acceptors (Lipinski definition) is 4. The predicted octanol–water partition coefficient (Wildman–Crippen LogP) is 1.49. The smallest absolute Gasteiger partial charge is 0.411 e. The van der Waals surface area contributed by atoms with E-state index >= 15 is 0 Å². The molecule has 1 aliphatic heterocycles. The van der Waals surface area contributed by atoms with Crippen LogP contribution in [0.25, 0.3) is 0 Å². The Morgan fingerprint density at radius 3 is 2.39 bits per heavy atom. The minimum atomic E-state index is -1.06. The number of carbonyl (C=O) groups is 2. The highest BCUT2D eigenvalue weighted by atomic mass is 16.6. The molecule has 6 heteroatoms. The lowest BCUT2D eigenvalue weighted by Crippen LogP contribution is -2.56. The van der Waals surface area contributed by atoms with Gasteiger partial charge in [0, 0.05) is 13.7 Å². The van der Waals surface area contributed by atoms with Crippen molar-refractivity contribution in [2.75, 3.05) is 13.7 Å². The molecule has 0 aliphatic carbocycles. The molecule has 0 saturated carbocycles. The van der Waals surface area contributed by atoms with Gasteiger partial charge in [-0.05, 0) is 33.6 Å². The van der Waals surface area contributed by atoms with Gasteiger partial charge in [-0.1, -0.05) is 0 Å². The van der Waals surface area contributed by atoms with Gasteiger partial charge < -0.3 is 14.6 Å². The first kappa shape index (κ1) is 14.8. The Morgan fingerprint density at radius 1 is 1.33 bits per heavy atom. The average molecular weight is 259 g/mol. The predicted molar refractivity (Wildman–Crippen MR) is 64.4 cm³/mol. The molecule has 2 unspecified atom stereocenters. The van der Waals surface area contributed by atoms with Crippen LogP contribution in [0.5, 0.6) is 0 Å². The Morgan fingerprint density at radius 2 is 1.94 bits per heavy atom. The van der Waals surface area contributed by atoms with Gasteiger partial charge in [0.2, 0.25) is 0 Å². The second-order valence-electron chi connectivity index (χ2n) is 5.37. The van der Waals surface area contributed by atoms with Crippen LogP contribution in [0.2, 0.25) is 0 Å². The van der Waals surface area contributed by atoms with Gasteiger partial charge >= 0.3 is 12.1 Å². The lowest BCUT2D eigenvalue weighted by molar-refractivity contribution is -0.151. The van der Waals surface area contributed by atoms with Gasteiger partial charge in [-0.2, -0.15) is 0 Å². The number of carboxylic acid groups (broad SMARTS) is 1. The third-order valence-corrected chi connectivity index (χ3v) is 2.76. The number of likely N-dealkylation sites (tertiary alicyclic amines) is 1. The minimum Gasteiger partial charge on any atom is -0.480 e. The van der Waals surface area contributed by atoms with E-state index in [9.17, 15) is 14.7 Å². The van der Waals surface area contributed by atoms with Crippen LogP contribution in [0.4, 0.5) is 4.79 Å². The molecule has 1 N–H and O–H groups in total. The molecule has 0 spiro atoms. The first-order chi connectivity index (χ1) is 8.26. The van der Waals surface area contributed by atoms with Gasteiger partial charge in [0.05, 0.1) is 6.10 Å². The second kappa shape index (κ2) is 5.56. The van der Waals surface area contributed by atoms with E-state index in [-0.39, 0.29) is 0 Å². The lowest BCUT2D eigenvalue weighted by Gasteiger charge is -2.38. The number of ether oxygens (including phenoxy) is 2. The van der Waals surface area contributed by atoms with Crippen LogP contribution in [0, 0.1) is 0 Å². The maximum Gasteiger partial charge on any atom is 0.411 e. The van der Waals surface area contributed by atoms with Gasteiger partial charge in [0.1, 0.15) is 5.60 Å². The van der Waals surface area contributed by atoms with Crippen molar-refractivity contribution in [2.45, 2.75) is 51.4 Å². The van der Waals surface area contributed by atoms with Gasteiger partial charge in [-0.15, -0.1) is 0 Å². The molecular weight excluding hydrogens is 238 g/mol. The summed E-state index contributed by atoms with van der Waals surface area (Å²) in [6.45, 7) is 5.63. The zero-order valence-corrected chi connectivity index (χ0v) is 11.3. The first-order valence-electron chi connectivity index (χ1n) is 6.01. The molecule has 0 aromatic carbocycles. The van der Waals surface area contributed by atoms with E-state index in [0.29, 0.717) is 19.4 Å². The third-order valence-electron chi connectivity index (χ3n) is 2.76. The normalized spacial score (nSPS) is 24.8. The molecule has 6 nitrogen and oxygen atoms in total. The summed E-state index contributed by atoms with van der Waals surface area (Å²) in [4.78, 5) is 24.5. The summed E-state index contributed by atoms with van der Waals surface area (Å²) in [6, 6.07) is -0.974. The number of carboxylic acids is 1. The van der Waals surface area contributed by atoms with Crippen molar-refractivity contribution in [2.24, 2.45) is 0 Å². The number of amides is 1. The maximum atomic E-state index is 12.0. The Balaban J connectivity index is 2.83. The molecule has 1 rings (SSSR count). The molecule has 0 aromatic rings. The van der Waals surface area contributed by atoms with Crippen LogP contribution in [-0.2, 0) is 14.3 Å². The van der Waals surface area contributed by atoms with E-state index in [1.165, 1.54) is 12.0 Å². The molecule has 1 fully saturated rings. The topological polar surface area (TPSA) is 76.1 Å². The Kier molecular flexibility index (Phi) is 4.56. The van der Waals surface area contributed by atoms with Crippen LogP contribution in [0.1, 0.15) is 33.6 Å². The van der Waals surface area contributed by atoms with Crippen molar-refractivity contribution in [3.63, 3.8) is 0 Å². The minimum absolute atomic E-state index is 0.381. The standard InChI is InChI=1S/C12H21NO5/c1-12(2,3)18-11(16)13-7-5-6-8(17-4)9(13)10(14)15/h8-9H,5-7H2,1-4H3,(H,14,15). The molecule has 0 radical (unpaired) electrons. The van der Waals surface area contributed by atoms with Crippen molar-refractivity contribution in [1.82, 2.24) is 4.90 Å². The van der Waals surface area contributed by atoms with E-state index in [4.69, 9.17) is 9.47 Å². The van der Waals surface area contributed by atoms with E-state index in [1.807, 2.05) is 0 Å². The second-order valence-corrected chi connectivity index (χ2v) is 5.37. The SMILES string of the molecule is COC1CCCN(C(=O)OC(C)(C)C)C1C(=O)O. The van der Waals surface area contributed by atoms with E-state index in [1.54, 1.807) is 20.8 Å². The molecule has 1 heterocycles. The van der Waals surface area contributed by atoms with Crippen LogP contribution < -0.4 is 0 Å². The van der Waals surface area contributed by atoms with Gasteiger partial charge in [0.25, 0.3) is 0 Å². The van der Waals surface area contributed by atoms with Crippen molar-refractivity contribution < 1.29 is 24.2 Å². The summed E-state index contributed by atoms with van der Waals surface area (Å²) in [5, 5.41) is 9.23. The molecule has 2 atom stereocenters. The first-order valence-corrected chi connectivity index (χ1v) is 6.01. The number of piperidine rings is 1. The number of aliphatic carboxylic acids is 1.